The predicted molar refractivity (Wildman–Crippen MR) is 80.8 cm³/mol. The van der Waals surface area contributed by atoms with Crippen LogP contribution in [0.3, 0.4) is 0 Å². The molecule has 1 atom stereocenters. The Balaban J connectivity index is 1.83. The summed E-state index contributed by atoms with van der Waals surface area (Å²) in [5, 5.41) is 11.6. The van der Waals surface area contributed by atoms with Gasteiger partial charge >= 0.3 is 6.09 Å². The number of hydrogen-bond donors (Lipinski definition) is 1. The lowest BCUT2D eigenvalue weighted by atomic mass is 10.0. The van der Waals surface area contributed by atoms with Crippen LogP contribution in [0, 0.1) is 23.2 Å². The second kappa shape index (κ2) is 6.03. The van der Waals surface area contributed by atoms with Gasteiger partial charge in [-0.2, -0.15) is 5.26 Å². The Bertz CT molecular complexity index is 825. The molecule has 4 heteroatoms. The maximum absolute atomic E-state index is 11.1. The molecular weight excluding hydrogens is 276 g/mol. The zero-order valence-electron chi connectivity index (χ0n) is 11.7. The van der Waals surface area contributed by atoms with Crippen LogP contribution in [0.1, 0.15) is 28.3 Å². The average Bonchev–Trinajstić information content (AvgIpc) is 3.00. The summed E-state index contributed by atoms with van der Waals surface area (Å²) in [6.07, 6.45) is -0.394. The van der Waals surface area contributed by atoms with Crippen molar-refractivity contribution in [2.75, 3.05) is 6.61 Å². The van der Waals surface area contributed by atoms with Gasteiger partial charge in [-0.05, 0) is 35.9 Å². The van der Waals surface area contributed by atoms with E-state index >= 15 is 0 Å². The van der Waals surface area contributed by atoms with E-state index in [0.717, 1.165) is 16.7 Å². The van der Waals surface area contributed by atoms with Gasteiger partial charge in [0.05, 0.1) is 17.7 Å². The summed E-state index contributed by atoms with van der Waals surface area (Å²) < 4.78 is 4.90. The van der Waals surface area contributed by atoms with Crippen LogP contribution >= 0.6 is 0 Å². The van der Waals surface area contributed by atoms with Crippen molar-refractivity contribution in [3.05, 3.63) is 70.8 Å². The van der Waals surface area contributed by atoms with Crippen LogP contribution in [-0.4, -0.2) is 12.7 Å². The van der Waals surface area contributed by atoms with Gasteiger partial charge in [-0.25, -0.2) is 4.79 Å². The molecule has 0 aliphatic carbocycles. The fraction of sp³-hybridized carbons (Fsp3) is 0.111. The van der Waals surface area contributed by atoms with E-state index in [9.17, 15) is 4.79 Å². The molecule has 22 heavy (non-hydrogen) atoms. The van der Waals surface area contributed by atoms with Crippen molar-refractivity contribution >= 4 is 6.09 Å². The number of nitrogens with zero attached hydrogens (tertiary/aromatic N) is 1. The monoisotopic (exact) mass is 288 g/mol. The van der Waals surface area contributed by atoms with E-state index < -0.39 is 6.09 Å². The maximum atomic E-state index is 11.1. The summed E-state index contributed by atoms with van der Waals surface area (Å²) in [5.74, 6) is 6.12. The molecule has 1 N–H and O–H groups in total. The number of alkyl carbamates (subject to hydrolysis) is 1. The summed E-state index contributed by atoms with van der Waals surface area (Å²) in [5.41, 5.74) is 3.19. The third-order valence-corrected chi connectivity index (χ3v) is 3.31. The fourth-order valence-electron chi connectivity index (χ4n) is 2.21. The van der Waals surface area contributed by atoms with Crippen molar-refractivity contribution in [2.45, 2.75) is 6.04 Å². The molecule has 0 spiro atoms. The molecule has 2 aromatic rings. The van der Waals surface area contributed by atoms with Crippen molar-refractivity contribution in [3.8, 4) is 17.9 Å². The Morgan fingerprint density at radius 3 is 2.41 bits per heavy atom. The van der Waals surface area contributed by atoms with E-state index in [1.807, 2.05) is 36.4 Å². The highest BCUT2D eigenvalue weighted by Gasteiger charge is 2.23. The Morgan fingerprint density at radius 2 is 1.73 bits per heavy atom. The van der Waals surface area contributed by atoms with Crippen molar-refractivity contribution in [2.24, 2.45) is 0 Å². The summed E-state index contributed by atoms with van der Waals surface area (Å²) in [7, 11) is 0. The molecule has 0 bridgehead atoms. The van der Waals surface area contributed by atoms with Gasteiger partial charge in [0, 0.05) is 11.1 Å². The minimum absolute atomic E-state index is 0.129. The highest BCUT2D eigenvalue weighted by atomic mass is 16.6. The smallest absolute Gasteiger partial charge is 0.407 e. The Kier molecular flexibility index (Phi) is 3.76. The molecule has 1 saturated heterocycles. The molecule has 0 saturated carbocycles. The third-order valence-electron chi connectivity index (χ3n) is 3.31. The average molecular weight is 288 g/mol. The molecule has 1 amide bonds. The SMILES string of the molecule is N#Cc1cccc(C#Cc2cccc([C@@H]3COC(=O)N3)c2)c1. The fourth-order valence-corrected chi connectivity index (χ4v) is 2.21. The van der Waals surface area contributed by atoms with Gasteiger partial charge < -0.3 is 10.1 Å². The Labute approximate surface area is 128 Å². The number of hydrogen-bond acceptors (Lipinski definition) is 3. The van der Waals surface area contributed by atoms with Crippen LogP contribution in [0.4, 0.5) is 4.79 Å². The van der Waals surface area contributed by atoms with Crippen LogP contribution in [0.25, 0.3) is 0 Å². The van der Waals surface area contributed by atoms with Gasteiger partial charge in [-0.15, -0.1) is 0 Å². The Hall–Kier alpha value is -3.24. The van der Waals surface area contributed by atoms with E-state index in [1.165, 1.54) is 0 Å². The van der Waals surface area contributed by atoms with Crippen molar-refractivity contribution in [1.29, 1.82) is 5.26 Å². The lowest BCUT2D eigenvalue weighted by molar-refractivity contribution is 0.177. The molecule has 1 aliphatic rings. The molecule has 1 heterocycles. The van der Waals surface area contributed by atoms with Crippen LogP contribution in [0.5, 0.6) is 0 Å². The molecule has 0 aromatic heterocycles. The van der Waals surface area contributed by atoms with E-state index in [4.69, 9.17) is 10.00 Å². The number of cyclic esters (lactones) is 1. The molecule has 4 nitrogen and oxygen atoms in total. The maximum Gasteiger partial charge on any atom is 0.407 e. The zero-order valence-corrected chi connectivity index (χ0v) is 11.7. The van der Waals surface area contributed by atoms with Crippen LogP contribution < -0.4 is 5.32 Å². The minimum Gasteiger partial charge on any atom is -0.447 e. The first kappa shape index (κ1) is 13.7. The zero-order chi connectivity index (χ0) is 15.4. The number of carbonyl (C=O) groups is 1. The number of benzene rings is 2. The van der Waals surface area contributed by atoms with Crippen molar-refractivity contribution in [3.63, 3.8) is 0 Å². The first-order valence-electron chi connectivity index (χ1n) is 6.80. The van der Waals surface area contributed by atoms with E-state index in [0.29, 0.717) is 12.2 Å². The number of nitrogens with one attached hydrogen (secondary N) is 1. The van der Waals surface area contributed by atoms with Gasteiger partial charge in [-0.3, -0.25) is 0 Å². The van der Waals surface area contributed by atoms with Crippen LogP contribution in [-0.2, 0) is 4.74 Å². The Morgan fingerprint density at radius 1 is 1.05 bits per heavy atom. The molecule has 1 fully saturated rings. The van der Waals surface area contributed by atoms with Crippen LogP contribution in [0.15, 0.2) is 48.5 Å². The number of carbonyl (C=O) groups excluding carboxylic acids is 1. The number of nitriles is 1. The normalized spacial score (nSPS) is 16.0. The summed E-state index contributed by atoms with van der Waals surface area (Å²) >= 11 is 0. The van der Waals surface area contributed by atoms with Gasteiger partial charge in [0.1, 0.15) is 6.61 Å². The number of rotatable bonds is 1. The molecule has 0 unspecified atom stereocenters. The first-order chi connectivity index (χ1) is 10.7. The lowest BCUT2D eigenvalue weighted by Gasteiger charge is -2.07. The minimum atomic E-state index is -0.394. The largest absolute Gasteiger partial charge is 0.447 e. The second-order valence-electron chi connectivity index (χ2n) is 4.86. The predicted octanol–water partition coefficient (Wildman–Crippen LogP) is 2.74. The lowest BCUT2D eigenvalue weighted by Crippen LogP contribution is -2.18. The van der Waals surface area contributed by atoms with Crippen molar-refractivity contribution < 1.29 is 9.53 Å². The van der Waals surface area contributed by atoms with Gasteiger partial charge in [0.15, 0.2) is 0 Å². The molecular formula is C18H12N2O2. The highest BCUT2D eigenvalue weighted by molar-refractivity contribution is 5.70. The third kappa shape index (κ3) is 3.08. The highest BCUT2D eigenvalue weighted by Crippen LogP contribution is 2.18. The second-order valence-corrected chi connectivity index (χ2v) is 4.86. The molecule has 1 aliphatic heterocycles. The van der Waals surface area contributed by atoms with Gasteiger partial charge in [0.2, 0.25) is 0 Å². The molecule has 106 valence electrons. The van der Waals surface area contributed by atoms with Crippen molar-refractivity contribution in [1.82, 2.24) is 5.32 Å². The quantitative estimate of drug-likeness (QED) is 0.821. The van der Waals surface area contributed by atoms with Gasteiger partial charge in [0.25, 0.3) is 0 Å². The van der Waals surface area contributed by atoms with E-state index in [2.05, 4.69) is 23.2 Å². The molecule has 2 aromatic carbocycles. The standard InChI is InChI=1S/C18H12N2O2/c19-11-15-5-1-3-13(9-15)7-8-14-4-2-6-16(10-14)17-12-22-18(21)20-17/h1-6,9-10,17H,12H2,(H,20,21)/t17-/m0/s1. The number of amides is 1. The van der Waals surface area contributed by atoms with Gasteiger partial charge in [-0.1, -0.05) is 30.0 Å². The topological polar surface area (TPSA) is 62.1 Å². The summed E-state index contributed by atoms with van der Waals surface area (Å²) in [6, 6.07) is 16.8. The number of ether oxygens (including phenoxy) is 1. The van der Waals surface area contributed by atoms with Crippen LogP contribution in [0.2, 0.25) is 0 Å². The molecule has 0 radical (unpaired) electrons. The molecule has 3 rings (SSSR count). The van der Waals surface area contributed by atoms with E-state index in [-0.39, 0.29) is 6.04 Å². The summed E-state index contributed by atoms with van der Waals surface area (Å²) in [4.78, 5) is 11.1. The van der Waals surface area contributed by atoms with E-state index in [1.54, 1.807) is 12.1 Å². The first-order valence-corrected chi connectivity index (χ1v) is 6.80. The summed E-state index contributed by atoms with van der Waals surface area (Å²) in [6.45, 7) is 0.333.